The number of hydrogen-bond donors (Lipinski definition) is 0. The molecule has 0 unspecified atom stereocenters. The van der Waals surface area contributed by atoms with E-state index in [-0.39, 0.29) is 0 Å². The lowest BCUT2D eigenvalue weighted by Gasteiger charge is -2.27. The van der Waals surface area contributed by atoms with E-state index in [9.17, 15) is 0 Å². The molecule has 0 spiro atoms. The molecule has 1 aromatic heterocycles. The molecular formula is C48H35NSSi. The van der Waals surface area contributed by atoms with Crippen LogP contribution in [0.2, 0.25) is 13.1 Å². The summed E-state index contributed by atoms with van der Waals surface area (Å²) < 4.78 is 2.73. The third-order valence-electron chi connectivity index (χ3n) is 10.8. The van der Waals surface area contributed by atoms with Crippen LogP contribution in [0.25, 0.3) is 64.3 Å². The largest absolute Gasteiger partial charge is 0.310 e. The normalized spacial score (nSPS) is 13.1. The Morgan fingerprint density at radius 2 is 1.08 bits per heavy atom. The van der Waals surface area contributed by atoms with Crippen LogP contribution in [0, 0.1) is 0 Å². The topological polar surface area (TPSA) is 3.24 Å². The van der Waals surface area contributed by atoms with Crippen molar-refractivity contribution in [2.24, 2.45) is 0 Å². The Bertz CT molecular complexity index is 2780. The SMILES string of the molecule is C[Si]1(C)c2ccc(N(c3ccc(-c4ccccc4)cc3)c3cccc(-c4ccc5ccccc5c4)c3)cc2-c2c1ccc1sc3ccccc3c21. The van der Waals surface area contributed by atoms with Gasteiger partial charge in [-0.05, 0) is 109 Å². The Hall–Kier alpha value is -5.74. The Balaban J connectivity index is 1.17. The summed E-state index contributed by atoms with van der Waals surface area (Å²) in [5.41, 5.74) is 11.2. The van der Waals surface area contributed by atoms with E-state index in [4.69, 9.17) is 0 Å². The minimum absolute atomic E-state index is 1.14. The van der Waals surface area contributed by atoms with Gasteiger partial charge in [0, 0.05) is 37.2 Å². The van der Waals surface area contributed by atoms with Gasteiger partial charge in [-0.25, -0.2) is 0 Å². The number of nitrogens with zero attached hydrogens (tertiary/aromatic N) is 1. The first-order chi connectivity index (χ1) is 25.0. The molecule has 9 aromatic rings. The van der Waals surface area contributed by atoms with E-state index in [2.05, 4.69) is 194 Å². The fourth-order valence-corrected chi connectivity index (χ4v) is 12.4. The number of benzene rings is 8. The van der Waals surface area contributed by atoms with Crippen molar-refractivity contribution in [2.45, 2.75) is 13.1 Å². The van der Waals surface area contributed by atoms with Crippen LogP contribution in [-0.2, 0) is 0 Å². The van der Waals surface area contributed by atoms with Crippen molar-refractivity contribution < 1.29 is 0 Å². The summed E-state index contributed by atoms with van der Waals surface area (Å²) in [6.45, 7) is 5.04. The number of thiophene rings is 1. The van der Waals surface area contributed by atoms with Crippen molar-refractivity contribution in [3.05, 3.63) is 176 Å². The number of hydrogen-bond acceptors (Lipinski definition) is 2. The molecule has 1 aliphatic heterocycles. The maximum absolute atomic E-state index is 2.52. The summed E-state index contributed by atoms with van der Waals surface area (Å²) in [4.78, 5) is 2.44. The van der Waals surface area contributed by atoms with Crippen molar-refractivity contribution in [1.82, 2.24) is 0 Å². The highest BCUT2D eigenvalue weighted by atomic mass is 32.1. The van der Waals surface area contributed by atoms with Gasteiger partial charge in [0.05, 0.1) is 0 Å². The second kappa shape index (κ2) is 11.7. The van der Waals surface area contributed by atoms with E-state index < -0.39 is 8.07 Å². The first-order valence-corrected chi connectivity index (χ1v) is 21.5. The maximum Gasteiger partial charge on any atom is 0.113 e. The van der Waals surface area contributed by atoms with Gasteiger partial charge in [-0.2, -0.15) is 0 Å². The van der Waals surface area contributed by atoms with Crippen LogP contribution in [0.1, 0.15) is 0 Å². The lowest BCUT2D eigenvalue weighted by molar-refractivity contribution is 1.29. The fraction of sp³-hybridized carbons (Fsp3) is 0.0417. The quantitative estimate of drug-likeness (QED) is 0.163. The number of anilines is 3. The molecule has 1 nitrogen and oxygen atoms in total. The minimum Gasteiger partial charge on any atom is -0.310 e. The highest BCUT2D eigenvalue weighted by Crippen LogP contribution is 2.45. The highest BCUT2D eigenvalue weighted by Gasteiger charge is 2.39. The van der Waals surface area contributed by atoms with Gasteiger partial charge in [0.1, 0.15) is 8.07 Å². The van der Waals surface area contributed by atoms with Crippen molar-refractivity contribution in [3.63, 3.8) is 0 Å². The third kappa shape index (κ3) is 4.88. The summed E-state index contributed by atoms with van der Waals surface area (Å²) in [5.74, 6) is 0. The minimum atomic E-state index is -1.91. The molecule has 51 heavy (non-hydrogen) atoms. The lowest BCUT2D eigenvalue weighted by atomic mass is 9.98. The molecule has 3 heteroatoms. The van der Waals surface area contributed by atoms with Crippen molar-refractivity contribution in [3.8, 4) is 33.4 Å². The zero-order chi connectivity index (χ0) is 34.1. The molecule has 0 N–H and O–H groups in total. The Morgan fingerprint density at radius 3 is 1.94 bits per heavy atom. The molecule has 0 aliphatic carbocycles. The molecule has 0 bridgehead atoms. The van der Waals surface area contributed by atoms with Gasteiger partial charge in [-0.15, -0.1) is 11.3 Å². The lowest BCUT2D eigenvalue weighted by Crippen LogP contribution is -2.49. The molecular weight excluding hydrogens is 651 g/mol. The molecule has 0 fully saturated rings. The summed E-state index contributed by atoms with van der Waals surface area (Å²) >= 11 is 1.91. The number of fused-ring (bicyclic) bond motifs is 8. The van der Waals surface area contributed by atoms with Gasteiger partial charge >= 0.3 is 0 Å². The van der Waals surface area contributed by atoms with Gasteiger partial charge in [-0.3, -0.25) is 0 Å². The van der Waals surface area contributed by atoms with Crippen molar-refractivity contribution >= 4 is 77.8 Å². The van der Waals surface area contributed by atoms with Crippen molar-refractivity contribution in [1.29, 1.82) is 0 Å². The highest BCUT2D eigenvalue weighted by molar-refractivity contribution is 7.26. The molecule has 0 saturated heterocycles. The number of rotatable bonds is 5. The Morgan fingerprint density at radius 1 is 0.431 bits per heavy atom. The van der Waals surface area contributed by atoms with Gasteiger partial charge in [0.2, 0.25) is 0 Å². The van der Waals surface area contributed by atoms with Crippen LogP contribution in [-0.4, -0.2) is 8.07 Å². The fourth-order valence-electron chi connectivity index (χ4n) is 8.26. The van der Waals surface area contributed by atoms with Crippen LogP contribution < -0.4 is 15.3 Å². The molecule has 0 amide bonds. The van der Waals surface area contributed by atoms with E-state index in [0.29, 0.717) is 0 Å². The Kier molecular flexibility index (Phi) is 6.89. The van der Waals surface area contributed by atoms with Crippen LogP contribution in [0.5, 0.6) is 0 Å². The van der Waals surface area contributed by atoms with Crippen LogP contribution in [0.4, 0.5) is 17.1 Å². The summed E-state index contributed by atoms with van der Waals surface area (Å²) in [7, 11) is -1.91. The van der Waals surface area contributed by atoms with E-state index >= 15 is 0 Å². The summed E-state index contributed by atoms with van der Waals surface area (Å²) in [6, 6.07) is 65.1. The molecule has 242 valence electrons. The van der Waals surface area contributed by atoms with Crippen molar-refractivity contribution in [2.75, 3.05) is 4.90 Å². The summed E-state index contributed by atoms with van der Waals surface area (Å²) in [6.07, 6.45) is 0. The van der Waals surface area contributed by atoms with Gasteiger partial charge in [0.25, 0.3) is 0 Å². The average molecular weight is 686 g/mol. The van der Waals surface area contributed by atoms with Gasteiger partial charge in [-0.1, -0.05) is 134 Å². The van der Waals surface area contributed by atoms with Crippen LogP contribution >= 0.6 is 11.3 Å². The van der Waals surface area contributed by atoms with Gasteiger partial charge < -0.3 is 4.90 Å². The second-order valence-electron chi connectivity index (χ2n) is 14.2. The molecule has 2 heterocycles. The summed E-state index contributed by atoms with van der Waals surface area (Å²) in [5, 5.41) is 8.37. The third-order valence-corrected chi connectivity index (χ3v) is 15.5. The van der Waals surface area contributed by atoms with E-state index in [1.807, 2.05) is 11.3 Å². The molecule has 10 rings (SSSR count). The van der Waals surface area contributed by atoms with E-state index in [0.717, 1.165) is 11.4 Å². The molecule has 0 radical (unpaired) electrons. The predicted octanol–water partition coefficient (Wildman–Crippen LogP) is 12.8. The van der Waals surface area contributed by atoms with E-state index in [1.165, 1.54) is 75.2 Å². The first-order valence-electron chi connectivity index (χ1n) is 17.7. The molecule has 0 atom stereocenters. The molecule has 1 aliphatic rings. The maximum atomic E-state index is 2.52. The zero-order valence-corrected chi connectivity index (χ0v) is 30.4. The average Bonchev–Trinajstić information content (AvgIpc) is 3.67. The monoisotopic (exact) mass is 685 g/mol. The molecule has 0 saturated carbocycles. The standard InChI is InChI=1S/C48H35NSSi/c1-51(2)45-27-25-40(31-42(45)48-46(51)28-26-44-47(48)41-17-8-9-18-43(41)50-44)49(38-23-21-34(22-24-38)32-11-4-3-5-12-32)39-16-10-15-36(30-39)37-20-19-33-13-6-7-14-35(33)29-37/h3-31H,1-2H3. The first kappa shape index (κ1) is 30.1. The molecule has 8 aromatic carbocycles. The van der Waals surface area contributed by atoms with Crippen LogP contribution in [0.15, 0.2) is 176 Å². The Labute approximate surface area is 303 Å². The predicted molar refractivity (Wildman–Crippen MR) is 225 cm³/mol. The second-order valence-corrected chi connectivity index (χ2v) is 19.6. The van der Waals surface area contributed by atoms with Gasteiger partial charge in [0.15, 0.2) is 0 Å². The smallest absolute Gasteiger partial charge is 0.113 e. The van der Waals surface area contributed by atoms with E-state index in [1.54, 1.807) is 5.19 Å². The van der Waals surface area contributed by atoms with Crippen LogP contribution in [0.3, 0.4) is 0 Å². The zero-order valence-electron chi connectivity index (χ0n) is 28.6.